The summed E-state index contributed by atoms with van der Waals surface area (Å²) in [5, 5.41) is 2.87. The van der Waals surface area contributed by atoms with Crippen LogP contribution in [0.4, 0.5) is 5.00 Å². The molecule has 0 saturated carbocycles. The van der Waals surface area contributed by atoms with Crippen molar-refractivity contribution in [3.63, 3.8) is 0 Å². The number of anilines is 1. The van der Waals surface area contributed by atoms with Gasteiger partial charge in [0, 0.05) is 0 Å². The maximum Gasteiger partial charge on any atom is 0.348 e. The fourth-order valence-corrected chi connectivity index (χ4v) is 3.71. The molecule has 0 saturated heterocycles. The monoisotopic (exact) mass is 435 g/mol. The van der Waals surface area contributed by atoms with Crippen molar-refractivity contribution in [1.29, 1.82) is 0 Å². The highest BCUT2D eigenvalue weighted by Crippen LogP contribution is 2.35. The average molecular weight is 435 g/mol. The molecule has 1 amide bonds. The van der Waals surface area contributed by atoms with Crippen molar-refractivity contribution in [2.24, 2.45) is 0 Å². The number of ether oxygens (including phenoxy) is 4. The van der Waals surface area contributed by atoms with Gasteiger partial charge in [0.2, 0.25) is 0 Å². The van der Waals surface area contributed by atoms with Crippen molar-refractivity contribution in [2.75, 3.05) is 25.6 Å². The Morgan fingerprint density at radius 3 is 2.23 bits per heavy atom. The van der Waals surface area contributed by atoms with Crippen molar-refractivity contribution in [3.05, 3.63) is 40.3 Å². The summed E-state index contributed by atoms with van der Waals surface area (Å²) in [4.78, 5) is 37.6. The van der Waals surface area contributed by atoms with E-state index in [9.17, 15) is 14.4 Å². The second kappa shape index (κ2) is 10.6. The summed E-state index contributed by atoms with van der Waals surface area (Å²) < 4.78 is 21.1. The second-order valence-corrected chi connectivity index (χ2v) is 7.12. The minimum absolute atomic E-state index is 0.128. The van der Waals surface area contributed by atoms with E-state index in [1.807, 2.05) is 0 Å². The molecule has 9 heteroatoms. The molecule has 0 fully saturated rings. The first kappa shape index (κ1) is 23.2. The minimum atomic E-state index is -0.898. The van der Waals surface area contributed by atoms with Crippen molar-refractivity contribution in [2.45, 2.75) is 33.8 Å². The highest BCUT2D eigenvalue weighted by atomic mass is 32.1. The van der Waals surface area contributed by atoms with E-state index in [-0.39, 0.29) is 28.7 Å². The van der Waals surface area contributed by atoms with Crippen molar-refractivity contribution in [3.8, 4) is 11.5 Å². The van der Waals surface area contributed by atoms with Gasteiger partial charge in [-0.2, -0.15) is 0 Å². The van der Waals surface area contributed by atoms with Crippen LogP contribution in [0.2, 0.25) is 0 Å². The number of carbonyl (C=O) groups is 3. The van der Waals surface area contributed by atoms with Gasteiger partial charge < -0.3 is 24.3 Å². The number of rotatable bonds is 9. The maximum absolute atomic E-state index is 12.7. The molecule has 1 aromatic heterocycles. The van der Waals surface area contributed by atoms with Gasteiger partial charge in [0.1, 0.15) is 9.88 Å². The van der Waals surface area contributed by atoms with Crippen LogP contribution in [0.5, 0.6) is 11.5 Å². The topological polar surface area (TPSA) is 100 Å². The van der Waals surface area contributed by atoms with Crippen molar-refractivity contribution < 1.29 is 33.3 Å². The molecule has 2 aromatic rings. The lowest BCUT2D eigenvalue weighted by Gasteiger charge is -2.16. The number of carbonyl (C=O) groups excluding carboxylic acids is 3. The van der Waals surface area contributed by atoms with Gasteiger partial charge in [-0.05, 0) is 45.4 Å². The zero-order chi connectivity index (χ0) is 22.3. The first-order chi connectivity index (χ1) is 14.3. The molecule has 0 aliphatic rings. The molecule has 0 aliphatic heterocycles. The fourth-order valence-electron chi connectivity index (χ4n) is 2.62. The highest BCUT2D eigenvalue weighted by molar-refractivity contribution is 7.18. The van der Waals surface area contributed by atoms with Gasteiger partial charge in [0.05, 0.1) is 25.9 Å². The van der Waals surface area contributed by atoms with E-state index in [2.05, 4.69) is 5.32 Å². The molecule has 2 rings (SSSR count). The predicted molar refractivity (Wildman–Crippen MR) is 113 cm³/mol. The number of hydrogen-bond acceptors (Lipinski definition) is 8. The van der Waals surface area contributed by atoms with Crippen LogP contribution in [-0.4, -0.2) is 44.3 Å². The molecule has 162 valence electrons. The summed E-state index contributed by atoms with van der Waals surface area (Å²) in [5.41, 5.74) is 0.522. The molecule has 0 bridgehead atoms. The third-order valence-corrected chi connectivity index (χ3v) is 5.25. The maximum atomic E-state index is 12.7. The molecule has 8 nitrogen and oxygen atoms in total. The quantitative estimate of drug-likeness (QED) is 0.598. The Morgan fingerprint density at radius 1 is 1.03 bits per heavy atom. The Hall–Kier alpha value is -3.07. The Labute approximate surface area is 179 Å². The highest BCUT2D eigenvalue weighted by Gasteiger charge is 2.28. The van der Waals surface area contributed by atoms with Gasteiger partial charge in [-0.15, -0.1) is 11.3 Å². The number of hydrogen-bond donors (Lipinski definition) is 1. The van der Waals surface area contributed by atoms with Crippen LogP contribution in [0.3, 0.4) is 0 Å². The van der Waals surface area contributed by atoms with E-state index < -0.39 is 23.9 Å². The number of amides is 1. The van der Waals surface area contributed by atoms with Gasteiger partial charge in [0.25, 0.3) is 5.91 Å². The third kappa shape index (κ3) is 5.29. The number of thiophene rings is 1. The van der Waals surface area contributed by atoms with Crippen LogP contribution < -0.4 is 14.8 Å². The van der Waals surface area contributed by atoms with Gasteiger partial charge >= 0.3 is 11.9 Å². The molecular weight excluding hydrogens is 410 g/mol. The van der Waals surface area contributed by atoms with Gasteiger partial charge in [-0.3, -0.25) is 4.79 Å². The Kier molecular flexibility index (Phi) is 8.23. The number of para-hydroxylation sites is 2. The van der Waals surface area contributed by atoms with E-state index >= 15 is 0 Å². The zero-order valence-electron chi connectivity index (χ0n) is 17.6. The van der Waals surface area contributed by atoms with Crippen LogP contribution >= 0.6 is 11.3 Å². The van der Waals surface area contributed by atoms with Gasteiger partial charge in [0.15, 0.2) is 17.6 Å². The van der Waals surface area contributed by atoms with Gasteiger partial charge in [-0.1, -0.05) is 12.1 Å². The minimum Gasteiger partial charge on any atom is -0.493 e. The number of nitrogens with one attached hydrogen (secondary N) is 1. The number of benzene rings is 1. The first-order valence-corrected chi connectivity index (χ1v) is 10.2. The van der Waals surface area contributed by atoms with E-state index in [4.69, 9.17) is 18.9 Å². The van der Waals surface area contributed by atoms with Gasteiger partial charge in [-0.25, -0.2) is 9.59 Å². The van der Waals surface area contributed by atoms with Crippen LogP contribution in [0.1, 0.15) is 46.4 Å². The van der Waals surface area contributed by atoms with E-state index in [1.54, 1.807) is 52.0 Å². The predicted octanol–water partition coefficient (Wildman–Crippen LogP) is 3.82. The van der Waals surface area contributed by atoms with Crippen molar-refractivity contribution >= 4 is 34.2 Å². The molecule has 1 aromatic carbocycles. The zero-order valence-corrected chi connectivity index (χ0v) is 18.4. The van der Waals surface area contributed by atoms with Crippen LogP contribution in [0.15, 0.2) is 24.3 Å². The largest absolute Gasteiger partial charge is 0.493 e. The van der Waals surface area contributed by atoms with Crippen LogP contribution in [-0.2, 0) is 14.3 Å². The summed E-state index contributed by atoms with van der Waals surface area (Å²) >= 11 is 0.960. The van der Waals surface area contributed by atoms with Crippen LogP contribution in [0.25, 0.3) is 0 Å². The smallest absolute Gasteiger partial charge is 0.348 e. The van der Waals surface area contributed by atoms with E-state index in [1.165, 1.54) is 7.11 Å². The first-order valence-electron chi connectivity index (χ1n) is 9.42. The molecule has 1 N–H and O–H groups in total. The van der Waals surface area contributed by atoms with E-state index in [0.29, 0.717) is 17.1 Å². The average Bonchev–Trinajstić information content (AvgIpc) is 3.04. The molecule has 0 radical (unpaired) electrons. The summed E-state index contributed by atoms with van der Waals surface area (Å²) in [6.45, 7) is 6.89. The third-order valence-electron chi connectivity index (χ3n) is 4.07. The molecule has 1 heterocycles. The fraction of sp³-hybridized carbons (Fsp3) is 0.381. The Bertz CT molecular complexity index is 922. The molecule has 1 unspecified atom stereocenters. The molecule has 1 atom stereocenters. The molecule has 30 heavy (non-hydrogen) atoms. The summed E-state index contributed by atoms with van der Waals surface area (Å²) in [6.07, 6.45) is -0.898. The Balaban J connectivity index is 2.28. The lowest BCUT2D eigenvalue weighted by atomic mass is 10.1. The summed E-state index contributed by atoms with van der Waals surface area (Å²) in [7, 11) is 1.50. The second-order valence-electron chi connectivity index (χ2n) is 6.10. The lowest BCUT2D eigenvalue weighted by molar-refractivity contribution is -0.122. The molecular formula is C21H25NO7S. The molecule has 0 aliphatic carbocycles. The lowest BCUT2D eigenvalue weighted by Crippen LogP contribution is -2.30. The summed E-state index contributed by atoms with van der Waals surface area (Å²) in [6, 6.07) is 6.94. The van der Waals surface area contributed by atoms with Crippen molar-refractivity contribution in [1.82, 2.24) is 0 Å². The number of esters is 2. The Morgan fingerprint density at radius 2 is 1.63 bits per heavy atom. The standard InChI is InChI=1S/C21H25NO7S/c1-6-27-20(24)16-12(3)17(21(25)28-7-2)30-19(16)22-18(23)13(4)29-15-11-9-8-10-14(15)26-5/h8-11,13H,6-7H2,1-5H3,(H,22,23). The summed E-state index contributed by atoms with van der Waals surface area (Å²) in [5.74, 6) is -0.799. The SMILES string of the molecule is CCOC(=O)c1sc(NC(=O)C(C)Oc2ccccc2OC)c(C(=O)OCC)c1C. The normalized spacial score (nSPS) is 11.4. The van der Waals surface area contributed by atoms with E-state index in [0.717, 1.165) is 11.3 Å². The number of methoxy groups -OCH3 is 1. The van der Waals surface area contributed by atoms with Crippen LogP contribution in [0, 0.1) is 6.92 Å². The molecule has 0 spiro atoms.